The zero-order valence-electron chi connectivity index (χ0n) is 26.5. The highest BCUT2D eigenvalue weighted by atomic mass is 32.2. The second-order valence-electron chi connectivity index (χ2n) is 10.6. The van der Waals surface area contributed by atoms with Crippen molar-refractivity contribution in [3.05, 3.63) is 48.6 Å². The predicted molar refractivity (Wildman–Crippen MR) is 201 cm³/mol. The molecular formula is C32H42O10S6. The van der Waals surface area contributed by atoms with Crippen LogP contribution in [0.4, 0.5) is 0 Å². The number of carboxylic acid groups (broad SMARTS) is 2. The number of carbonyl (C=O) groups excluding carboxylic acids is 2. The average Bonchev–Trinajstić information content (AvgIpc) is 3.77. The van der Waals surface area contributed by atoms with Crippen LogP contribution in [0.2, 0.25) is 0 Å². The number of hydrogen-bond donors (Lipinski definition) is 2. The molecule has 0 radical (unpaired) electrons. The van der Waals surface area contributed by atoms with Crippen LogP contribution in [0.5, 0.6) is 11.5 Å². The zero-order chi connectivity index (χ0) is 34.7. The summed E-state index contributed by atoms with van der Waals surface area (Å²) >= 11 is 11.1. The highest BCUT2D eigenvalue weighted by Crippen LogP contribution is 2.36. The Morgan fingerprint density at radius 2 is 1.12 bits per heavy atom. The van der Waals surface area contributed by atoms with Gasteiger partial charge in [0, 0.05) is 51.7 Å². The van der Waals surface area contributed by atoms with Crippen LogP contribution >= 0.6 is 70.6 Å². The number of aliphatic carboxylic acids is 2. The molecule has 2 aliphatic heterocycles. The van der Waals surface area contributed by atoms with Gasteiger partial charge in [0.25, 0.3) is 0 Å². The Kier molecular flexibility index (Phi) is 19.4. The first-order valence-corrected chi connectivity index (χ1v) is 21.8. The highest BCUT2D eigenvalue weighted by molar-refractivity contribution is 8.20. The summed E-state index contributed by atoms with van der Waals surface area (Å²) in [7, 11) is 0. The van der Waals surface area contributed by atoms with Crippen molar-refractivity contribution in [2.45, 2.75) is 47.1 Å². The fourth-order valence-corrected chi connectivity index (χ4v) is 12.4. The molecule has 10 nitrogen and oxygen atoms in total. The van der Waals surface area contributed by atoms with Gasteiger partial charge in [0.2, 0.25) is 0 Å². The minimum absolute atomic E-state index is 0.0373. The Bertz CT molecular complexity index is 1150. The van der Waals surface area contributed by atoms with E-state index in [1.165, 1.54) is 0 Å². The predicted octanol–water partition coefficient (Wildman–Crippen LogP) is 6.19. The van der Waals surface area contributed by atoms with E-state index in [2.05, 4.69) is 13.2 Å². The molecule has 2 atom stereocenters. The van der Waals surface area contributed by atoms with E-state index in [0.29, 0.717) is 32.2 Å². The van der Waals surface area contributed by atoms with Gasteiger partial charge < -0.3 is 29.2 Å². The van der Waals surface area contributed by atoms with Gasteiger partial charge in [-0.2, -0.15) is 23.5 Å². The molecule has 266 valence electrons. The summed E-state index contributed by atoms with van der Waals surface area (Å²) in [6.45, 7) is 7.18. The minimum atomic E-state index is -1.16. The van der Waals surface area contributed by atoms with Crippen LogP contribution in [0.25, 0.3) is 0 Å². The van der Waals surface area contributed by atoms with Crippen LogP contribution in [0.3, 0.4) is 0 Å². The molecule has 0 aromatic heterocycles. The zero-order valence-corrected chi connectivity index (χ0v) is 31.4. The van der Waals surface area contributed by atoms with Crippen LogP contribution in [-0.4, -0.2) is 115 Å². The Balaban J connectivity index is 1.55. The summed E-state index contributed by atoms with van der Waals surface area (Å²) in [6.07, 6.45) is -0.210. The van der Waals surface area contributed by atoms with Crippen molar-refractivity contribution in [2.24, 2.45) is 0 Å². The normalized spacial score (nSPS) is 16.2. The lowest BCUT2D eigenvalue weighted by Gasteiger charge is -2.20. The van der Waals surface area contributed by atoms with Crippen LogP contribution in [0, 0.1) is 0 Å². The lowest BCUT2D eigenvalue weighted by atomic mass is 10.2. The van der Waals surface area contributed by atoms with E-state index in [-0.39, 0.29) is 24.4 Å². The molecule has 2 unspecified atom stereocenters. The summed E-state index contributed by atoms with van der Waals surface area (Å²) < 4.78 is 24.3. The number of carbonyl (C=O) groups is 4. The fraction of sp³-hybridized carbons (Fsp3) is 0.562. The molecule has 2 N–H and O–H groups in total. The van der Waals surface area contributed by atoms with Crippen molar-refractivity contribution >= 4 is 94.4 Å². The molecule has 1 aromatic carbocycles. The van der Waals surface area contributed by atoms with E-state index in [9.17, 15) is 19.2 Å². The maximum Gasteiger partial charge on any atom is 0.334 e. The molecular weight excluding hydrogens is 737 g/mol. The van der Waals surface area contributed by atoms with E-state index in [1.807, 2.05) is 47.0 Å². The number of esters is 2. The van der Waals surface area contributed by atoms with Crippen LogP contribution < -0.4 is 9.47 Å². The van der Waals surface area contributed by atoms with E-state index >= 15 is 0 Å². The number of benzene rings is 1. The molecule has 0 amide bonds. The number of hydrogen-bond acceptors (Lipinski definition) is 14. The van der Waals surface area contributed by atoms with Crippen molar-refractivity contribution in [2.75, 3.05) is 59.2 Å². The van der Waals surface area contributed by atoms with Crippen molar-refractivity contribution in [3.8, 4) is 11.5 Å². The van der Waals surface area contributed by atoms with Gasteiger partial charge in [-0.05, 0) is 36.5 Å². The van der Waals surface area contributed by atoms with E-state index < -0.39 is 48.9 Å². The molecule has 16 heteroatoms. The van der Waals surface area contributed by atoms with Gasteiger partial charge in [0.1, 0.15) is 36.9 Å². The average molecular weight is 779 g/mol. The maximum absolute atomic E-state index is 12.5. The minimum Gasteiger partial charge on any atom is -0.490 e. The topological polar surface area (TPSA) is 146 Å². The molecule has 0 saturated carbocycles. The first-order valence-electron chi connectivity index (χ1n) is 15.3. The van der Waals surface area contributed by atoms with Crippen LogP contribution in [0.15, 0.2) is 48.6 Å². The summed E-state index contributed by atoms with van der Waals surface area (Å²) in [6, 6.07) is 6.89. The van der Waals surface area contributed by atoms with E-state index in [4.69, 9.17) is 29.2 Å². The monoisotopic (exact) mass is 778 g/mol. The molecule has 0 bridgehead atoms. The second kappa shape index (κ2) is 22.9. The maximum atomic E-state index is 12.5. The van der Waals surface area contributed by atoms with Crippen molar-refractivity contribution in [3.63, 3.8) is 0 Å². The Labute approximate surface area is 307 Å². The van der Waals surface area contributed by atoms with Crippen LogP contribution in [0.1, 0.15) is 25.7 Å². The third kappa shape index (κ3) is 16.8. The SMILES string of the molecule is C=C(CC(=O)O)C(=O)OC(COc1cccc(OCC(CSCCC2SCCS2)OC(=O)C(=C)CC(=O)O)c1)CSCCC1SCCS1. The molecule has 2 heterocycles. The number of thioether (sulfide) groups is 6. The largest absolute Gasteiger partial charge is 0.490 e. The second-order valence-corrected chi connectivity index (χ2v) is 18.7. The quantitative estimate of drug-likeness (QED) is 0.0698. The van der Waals surface area contributed by atoms with Crippen molar-refractivity contribution in [1.82, 2.24) is 0 Å². The molecule has 3 rings (SSSR count). The first-order chi connectivity index (χ1) is 23.1. The Morgan fingerprint density at radius 3 is 1.50 bits per heavy atom. The van der Waals surface area contributed by atoms with Gasteiger partial charge in [-0.1, -0.05) is 19.2 Å². The standard InChI is InChI=1S/C32H42O10S6/c1-21(14-27(33)34)31(37)41-25(19-43-8-6-29-45-10-11-46-29)17-39-23-4-3-5-24(16-23)40-18-26(42-32(38)22(2)15-28(35)36)20-44-9-7-30-47-12-13-48-30/h3-5,16,25-26,29-30H,1-2,6-15,17-20H2,(H,33,34)(H,35,36). The molecule has 0 spiro atoms. The molecule has 2 aliphatic rings. The number of carboxylic acids is 2. The van der Waals surface area contributed by atoms with Gasteiger partial charge in [-0.3, -0.25) is 9.59 Å². The summed E-state index contributed by atoms with van der Waals surface area (Å²) in [5.74, 6) is 4.45. The van der Waals surface area contributed by atoms with Crippen molar-refractivity contribution in [1.29, 1.82) is 0 Å². The number of ether oxygens (including phenoxy) is 4. The molecule has 1 aromatic rings. The Morgan fingerprint density at radius 1 is 0.729 bits per heavy atom. The van der Waals surface area contributed by atoms with Gasteiger partial charge in [-0.15, -0.1) is 47.0 Å². The first kappa shape index (κ1) is 40.7. The molecule has 2 fully saturated rings. The molecule has 0 aliphatic carbocycles. The number of rotatable bonds is 24. The van der Waals surface area contributed by atoms with Gasteiger partial charge in [0.05, 0.1) is 22.0 Å². The summed E-state index contributed by atoms with van der Waals surface area (Å²) in [5, 5.41) is 18.1. The molecule has 48 heavy (non-hydrogen) atoms. The van der Waals surface area contributed by atoms with Gasteiger partial charge in [0.15, 0.2) is 0 Å². The molecule has 2 saturated heterocycles. The lowest BCUT2D eigenvalue weighted by molar-refractivity contribution is -0.147. The fourth-order valence-electron chi connectivity index (χ4n) is 4.18. The smallest absolute Gasteiger partial charge is 0.334 e. The summed E-state index contributed by atoms with van der Waals surface area (Å²) in [4.78, 5) is 47.1. The third-order valence-electron chi connectivity index (χ3n) is 6.52. The van der Waals surface area contributed by atoms with Gasteiger partial charge in [-0.25, -0.2) is 9.59 Å². The third-order valence-corrected chi connectivity index (χ3v) is 15.1. The van der Waals surface area contributed by atoms with Gasteiger partial charge >= 0.3 is 23.9 Å². The van der Waals surface area contributed by atoms with E-state index in [0.717, 1.165) is 47.4 Å². The summed E-state index contributed by atoms with van der Waals surface area (Å²) in [5.41, 5.74) is -0.272. The van der Waals surface area contributed by atoms with Crippen molar-refractivity contribution < 1.29 is 48.3 Å². The van der Waals surface area contributed by atoms with E-state index in [1.54, 1.807) is 47.8 Å². The van der Waals surface area contributed by atoms with Crippen LogP contribution in [-0.2, 0) is 28.7 Å². The highest BCUT2D eigenvalue weighted by Gasteiger charge is 2.23. The Hall–Kier alpha value is -1.72. The lowest BCUT2D eigenvalue weighted by Crippen LogP contribution is -2.29.